The largest absolute Gasteiger partial charge is 0.504 e. The summed E-state index contributed by atoms with van der Waals surface area (Å²) in [5.74, 6) is -1.98. The number of hydrogen-bond acceptors (Lipinski definition) is 7. The Kier molecular flexibility index (Phi) is 6.37. The van der Waals surface area contributed by atoms with Crippen molar-refractivity contribution in [3.8, 4) is 11.5 Å². The summed E-state index contributed by atoms with van der Waals surface area (Å²) in [6, 6.07) is 16.4. The molecule has 0 unspecified atom stereocenters. The summed E-state index contributed by atoms with van der Waals surface area (Å²) >= 11 is 0. The Hall–Kier alpha value is -4.10. The monoisotopic (exact) mass is 416 g/mol. The maximum atomic E-state index is 12.5. The molecule has 0 amide bonds. The number of phenols is 2. The number of rotatable bonds is 7. The summed E-state index contributed by atoms with van der Waals surface area (Å²) in [5.41, 5.74) is 1.35. The van der Waals surface area contributed by atoms with Gasteiger partial charge < -0.3 is 15.3 Å². The maximum absolute atomic E-state index is 12.5. The summed E-state index contributed by atoms with van der Waals surface area (Å²) in [6.07, 6.45) is 0. The number of aromatic hydroxyl groups is 2. The SMILES string of the molecule is C=C(C)C(=O)c1c(O)c(O)cc(N=Nc2ccc(C(=O)c3ccccc3)cc2)c1CO. The summed E-state index contributed by atoms with van der Waals surface area (Å²) < 4.78 is 0. The fraction of sp³-hybridized carbons (Fsp3) is 0.0833. The van der Waals surface area contributed by atoms with Gasteiger partial charge in [0.2, 0.25) is 0 Å². The first kappa shape index (κ1) is 21.6. The second-order valence-corrected chi connectivity index (χ2v) is 6.83. The van der Waals surface area contributed by atoms with Crippen molar-refractivity contribution in [1.82, 2.24) is 0 Å². The molecule has 7 nitrogen and oxygen atoms in total. The summed E-state index contributed by atoms with van der Waals surface area (Å²) in [4.78, 5) is 24.8. The average Bonchev–Trinajstić information content (AvgIpc) is 2.79. The molecule has 0 radical (unpaired) electrons. The highest BCUT2D eigenvalue weighted by Gasteiger charge is 2.23. The van der Waals surface area contributed by atoms with Crippen LogP contribution in [0.2, 0.25) is 0 Å². The smallest absolute Gasteiger partial charge is 0.193 e. The van der Waals surface area contributed by atoms with E-state index in [1.54, 1.807) is 48.5 Å². The van der Waals surface area contributed by atoms with Crippen molar-refractivity contribution in [3.05, 3.63) is 95.1 Å². The van der Waals surface area contributed by atoms with Crippen molar-refractivity contribution < 1.29 is 24.9 Å². The standard InChI is InChI=1S/C24H20N2O5/c1-14(2)22(29)21-18(13-27)19(12-20(28)24(21)31)26-25-17-10-8-16(9-11-17)23(30)15-6-4-3-5-7-15/h3-12,27-28,31H,1,13H2,2H3. The van der Waals surface area contributed by atoms with Crippen LogP contribution in [0.4, 0.5) is 11.4 Å². The number of aliphatic hydroxyl groups is 1. The predicted octanol–water partition coefficient (Wildman–Crippen LogP) is 5.00. The zero-order valence-corrected chi connectivity index (χ0v) is 16.7. The number of nitrogens with zero attached hydrogens (tertiary/aromatic N) is 2. The number of carbonyl (C=O) groups excluding carboxylic acids is 2. The lowest BCUT2D eigenvalue weighted by Crippen LogP contribution is -2.05. The van der Waals surface area contributed by atoms with Crippen LogP contribution in [0, 0.1) is 0 Å². The van der Waals surface area contributed by atoms with Crippen LogP contribution in [-0.4, -0.2) is 26.9 Å². The van der Waals surface area contributed by atoms with E-state index in [1.807, 2.05) is 6.07 Å². The van der Waals surface area contributed by atoms with E-state index in [0.29, 0.717) is 16.8 Å². The van der Waals surface area contributed by atoms with E-state index in [1.165, 1.54) is 6.92 Å². The van der Waals surface area contributed by atoms with E-state index in [2.05, 4.69) is 16.8 Å². The highest BCUT2D eigenvalue weighted by atomic mass is 16.3. The van der Waals surface area contributed by atoms with Gasteiger partial charge in [-0.05, 0) is 36.8 Å². The number of ketones is 2. The Morgan fingerprint density at radius 3 is 2.13 bits per heavy atom. The lowest BCUT2D eigenvalue weighted by molar-refractivity contribution is 0.102. The van der Waals surface area contributed by atoms with Crippen molar-refractivity contribution in [2.24, 2.45) is 10.2 Å². The van der Waals surface area contributed by atoms with Gasteiger partial charge in [-0.3, -0.25) is 9.59 Å². The van der Waals surface area contributed by atoms with Crippen LogP contribution in [0.5, 0.6) is 11.5 Å². The molecule has 0 fully saturated rings. The third-order valence-corrected chi connectivity index (χ3v) is 4.58. The first-order valence-corrected chi connectivity index (χ1v) is 9.34. The minimum absolute atomic E-state index is 0.0166. The quantitative estimate of drug-likeness (QED) is 0.217. The molecule has 0 bridgehead atoms. The first-order valence-electron chi connectivity index (χ1n) is 9.34. The number of aliphatic hydroxyl groups excluding tert-OH is 1. The molecular weight excluding hydrogens is 396 g/mol. The van der Waals surface area contributed by atoms with Crippen molar-refractivity contribution in [3.63, 3.8) is 0 Å². The zero-order valence-electron chi connectivity index (χ0n) is 16.7. The molecule has 0 saturated heterocycles. The molecule has 0 aliphatic rings. The Bertz CT molecular complexity index is 1180. The van der Waals surface area contributed by atoms with E-state index < -0.39 is 23.9 Å². The number of carbonyl (C=O) groups is 2. The van der Waals surface area contributed by atoms with Gasteiger partial charge in [0, 0.05) is 22.8 Å². The van der Waals surface area contributed by atoms with E-state index in [9.17, 15) is 24.9 Å². The zero-order chi connectivity index (χ0) is 22.5. The molecule has 156 valence electrons. The minimum atomic E-state index is -0.653. The fourth-order valence-electron chi connectivity index (χ4n) is 2.94. The first-order chi connectivity index (χ1) is 14.8. The summed E-state index contributed by atoms with van der Waals surface area (Å²) in [5, 5.41) is 37.9. The van der Waals surface area contributed by atoms with Gasteiger partial charge in [-0.15, -0.1) is 0 Å². The highest BCUT2D eigenvalue weighted by molar-refractivity contribution is 6.12. The molecule has 31 heavy (non-hydrogen) atoms. The number of benzene rings is 3. The molecule has 3 rings (SSSR count). The van der Waals surface area contributed by atoms with E-state index >= 15 is 0 Å². The van der Waals surface area contributed by atoms with Crippen LogP contribution >= 0.6 is 0 Å². The van der Waals surface area contributed by atoms with Crippen LogP contribution in [-0.2, 0) is 6.61 Å². The third kappa shape index (κ3) is 4.57. The van der Waals surface area contributed by atoms with Gasteiger partial charge in [0.15, 0.2) is 23.1 Å². The van der Waals surface area contributed by atoms with Gasteiger partial charge in [-0.25, -0.2) is 0 Å². The molecule has 3 aromatic rings. The van der Waals surface area contributed by atoms with Crippen LogP contribution in [0.25, 0.3) is 0 Å². The van der Waals surface area contributed by atoms with Crippen LogP contribution in [0.3, 0.4) is 0 Å². The Labute approximate surface area is 178 Å². The number of Topliss-reactive ketones (excluding diaryl/α,β-unsaturated/α-hetero) is 1. The molecule has 7 heteroatoms. The maximum Gasteiger partial charge on any atom is 0.193 e. The lowest BCUT2D eigenvalue weighted by atomic mass is 9.97. The van der Waals surface area contributed by atoms with Gasteiger partial charge in [-0.1, -0.05) is 36.9 Å². The van der Waals surface area contributed by atoms with Crippen molar-refractivity contribution >= 4 is 22.9 Å². The topological polar surface area (TPSA) is 120 Å². The van der Waals surface area contributed by atoms with Crippen molar-refractivity contribution in [1.29, 1.82) is 0 Å². The number of azo groups is 1. The molecule has 0 spiro atoms. The third-order valence-electron chi connectivity index (χ3n) is 4.58. The number of phenolic OH excluding ortho intramolecular Hbond substituents is 2. The minimum Gasteiger partial charge on any atom is -0.504 e. The van der Waals surface area contributed by atoms with Gasteiger partial charge in [0.25, 0.3) is 0 Å². The van der Waals surface area contributed by atoms with Crippen molar-refractivity contribution in [2.45, 2.75) is 13.5 Å². The van der Waals surface area contributed by atoms with Gasteiger partial charge in [-0.2, -0.15) is 10.2 Å². The molecular formula is C24H20N2O5. The van der Waals surface area contributed by atoms with E-state index in [4.69, 9.17) is 0 Å². The normalized spacial score (nSPS) is 10.9. The molecule has 0 saturated carbocycles. The van der Waals surface area contributed by atoms with Crippen LogP contribution in [0.15, 0.2) is 83.0 Å². The predicted molar refractivity (Wildman–Crippen MR) is 115 cm³/mol. The van der Waals surface area contributed by atoms with Crippen molar-refractivity contribution in [2.75, 3.05) is 0 Å². The molecule has 0 aliphatic carbocycles. The molecule has 0 aromatic heterocycles. The second-order valence-electron chi connectivity index (χ2n) is 6.83. The molecule has 0 aliphatic heterocycles. The molecule has 0 heterocycles. The summed E-state index contributed by atoms with van der Waals surface area (Å²) in [6.45, 7) is 4.38. The molecule has 0 atom stereocenters. The molecule has 3 N–H and O–H groups in total. The average molecular weight is 416 g/mol. The van der Waals surface area contributed by atoms with E-state index in [-0.39, 0.29) is 28.2 Å². The fourth-order valence-corrected chi connectivity index (χ4v) is 2.94. The van der Waals surface area contributed by atoms with Gasteiger partial charge in [0.1, 0.15) is 0 Å². The van der Waals surface area contributed by atoms with Gasteiger partial charge >= 0.3 is 0 Å². The Morgan fingerprint density at radius 1 is 0.935 bits per heavy atom. The van der Waals surface area contributed by atoms with Crippen LogP contribution in [0.1, 0.15) is 38.8 Å². The highest BCUT2D eigenvalue weighted by Crippen LogP contribution is 2.40. The lowest BCUT2D eigenvalue weighted by Gasteiger charge is -2.12. The Balaban J connectivity index is 1.92. The Morgan fingerprint density at radius 2 is 1.55 bits per heavy atom. The number of hydrogen-bond donors (Lipinski definition) is 3. The number of allylic oxidation sites excluding steroid dienone is 1. The van der Waals surface area contributed by atoms with Crippen LogP contribution < -0.4 is 0 Å². The van der Waals surface area contributed by atoms with Gasteiger partial charge in [0.05, 0.1) is 23.5 Å². The van der Waals surface area contributed by atoms with E-state index in [0.717, 1.165) is 6.07 Å². The molecule has 3 aromatic carbocycles. The summed E-state index contributed by atoms with van der Waals surface area (Å²) in [7, 11) is 0. The second kappa shape index (κ2) is 9.15.